The van der Waals surface area contributed by atoms with Crippen LogP contribution in [0.3, 0.4) is 0 Å². The number of benzene rings is 2. The lowest BCUT2D eigenvalue weighted by molar-refractivity contribution is 0.256. The van der Waals surface area contributed by atoms with Crippen LogP contribution in [0.4, 0.5) is 21.0 Å². The van der Waals surface area contributed by atoms with Gasteiger partial charge < -0.3 is 27.2 Å². The van der Waals surface area contributed by atoms with Crippen LogP contribution in [0.2, 0.25) is 20.1 Å². The van der Waals surface area contributed by atoms with Gasteiger partial charge in [0.25, 0.3) is 0 Å². The van der Waals surface area contributed by atoms with Gasteiger partial charge in [-0.15, -0.1) is 0 Å². The monoisotopic (exact) mass is 424 g/mol. The Labute approximate surface area is 162 Å². The normalized spacial score (nSPS) is 9.60. The average molecular weight is 426 g/mol. The summed E-state index contributed by atoms with van der Waals surface area (Å²) in [5.74, 6) is -0.323. The third kappa shape index (κ3) is 6.39. The Morgan fingerprint density at radius 2 is 1.36 bits per heavy atom. The van der Waals surface area contributed by atoms with E-state index in [9.17, 15) is 9.90 Å². The number of amides is 4. The number of nitrogens with two attached hydrogens (primary N) is 2. The van der Waals surface area contributed by atoms with E-state index in [0.717, 1.165) is 0 Å². The molecule has 0 aliphatic carbocycles. The van der Waals surface area contributed by atoms with Crippen LogP contribution in [-0.4, -0.2) is 17.2 Å². The average Bonchev–Trinajstić information content (AvgIpc) is 2.52. The van der Waals surface area contributed by atoms with E-state index in [1.165, 1.54) is 12.1 Å². The minimum Gasteiger partial charge on any atom is -0.504 e. The quantitative estimate of drug-likeness (QED) is 0.447. The standard InChI is InChI=1S/C13H8Cl4N2O2.CH4N2O/c14-6-2-1-3-8(10(6)16)18-13(21)19-9-5-4-7(15)11(17)12(9)20;2-1(3)4/h1-5,20H,(H2,18,19,21);(H4,2,3,4). The molecule has 0 spiro atoms. The van der Waals surface area contributed by atoms with Crippen molar-refractivity contribution in [3.8, 4) is 5.75 Å². The number of carbonyl (C=O) groups is 2. The van der Waals surface area contributed by atoms with E-state index in [2.05, 4.69) is 22.1 Å². The minimum atomic E-state index is -0.833. The predicted molar refractivity (Wildman–Crippen MR) is 101 cm³/mol. The zero-order valence-corrected chi connectivity index (χ0v) is 15.3. The lowest BCUT2D eigenvalue weighted by Gasteiger charge is -2.11. The minimum absolute atomic E-state index is 0.0461. The van der Waals surface area contributed by atoms with Gasteiger partial charge in [-0.25, -0.2) is 9.59 Å². The van der Waals surface area contributed by atoms with E-state index < -0.39 is 12.1 Å². The zero-order chi connectivity index (χ0) is 19.1. The molecular formula is C14H12Cl4N4O3. The molecule has 0 saturated heterocycles. The fourth-order valence-corrected chi connectivity index (χ4v) is 2.18. The van der Waals surface area contributed by atoms with Crippen LogP contribution in [0.15, 0.2) is 30.3 Å². The first-order valence-corrected chi connectivity index (χ1v) is 7.88. The molecule has 0 aliphatic rings. The largest absolute Gasteiger partial charge is 0.504 e. The van der Waals surface area contributed by atoms with Crippen molar-refractivity contribution >= 4 is 69.8 Å². The molecule has 7 nitrogen and oxygen atoms in total. The van der Waals surface area contributed by atoms with Crippen molar-refractivity contribution in [1.29, 1.82) is 0 Å². The van der Waals surface area contributed by atoms with E-state index in [0.29, 0.717) is 10.7 Å². The summed E-state index contributed by atoms with van der Waals surface area (Å²) < 4.78 is 0. The molecule has 7 N–H and O–H groups in total. The molecule has 134 valence electrons. The SMILES string of the molecule is NC(N)=O.O=C(Nc1ccc(Cl)c(Cl)c1O)Nc1cccc(Cl)c1Cl. The second-order valence-corrected chi connectivity index (χ2v) is 5.91. The molecule has 11 heteroatoms. The molecule has 0 unspecified atom stereocenters. The maximum atomic E-state index is 11.9. The van der Waals surface area contributed by atoms with Gasteiger partial charge in [-0.05, 0) is 24.3 Å². The van der Waals surface area contributed by atoms with Crippen molar-refractivity contribution in [3.63, 3.8) is 0 Å². The van der Waals surface area contributed by atoms with Crippen molar-refractivity contribution in [3.05, 3.63) is 50.4 Å². The smallest absolute Gasteiger partial charge is 0.323 e. The van der Waals surface area contributed by atoms with Crippen molar-refractivity contribution in [2.45, 2.75) is 0 Å². The van der Waals surface area contributed by atoms with Gasteiger partial charge in [0, 0.05) is 0 Å². The van der Waals surface area contributed by atoms with Gasteiger partial charge in [0.2, 0.25) is 0 Å². The molecule has 2 rings (SSSR count). The van der Waals surface area contributed by atoms with Gasteiger partial charge in [-0.2, -0.15) is 0 Å². The Bertz CT molecular complexity index is 798. The van der Waals surface area contributed by atoms with E-state index in [4.69, 9.17) is 51.2 Å². The van der Waals surface area contributed by atoms with E-state index >= 15 is 0 Å². The highest BCUT2D eigenvalue weighted by Crippen LogP contribution is 2.37. The van der Waals surface area contributed by atoms with Crippen LogP contribution in [0.1, 0.15) is 0 Å². The molecule has 0 aromatic heterocycles. The van der Waals surface area contributed by atoms with Gasteiger partial charge >= 0.3 is 12.1 Å². The number of phenols is 1. The fraction of sp³-hybridized carbons (Fsp3) is 0. The fourth-order valence-electron chi connectivity index (χ4n) is 1.52. The third-order valence-electron chi connectivity index (χ3n) is 2.52. The van der Waals surface area contributed by atoms with E-state index in [-0.39, 0.29) is 26.5 Å². The van der Waals surface area contributed by atoms with Gasteiger partial charge in [0.15, 0.2) is 5.75 Å². The number of carbonyl (C=O) groups excluding carboxylic acids is 2. The highest BCUT2D eigenvalue weighted by atomic mass is 35.5. The Kier molecular flexibility index (Phi) is 7.92. The van der Waals surface area contributed by atoms with Crippen molar-refractivity contribution in [1.82, 2.24) is 0 Å². The first-order chi connectivity index (χ1) is 11.6. The Morgan fingerprint density at radius 3 is 1.96 bits per heavy atom. The molecule has 0 heterocycles. The summed E-state index contributed by atoms with van der Waals surface area (Å²) in [6.45, 7) is 0. The second kappa shape index (κ2) is 9.43. The number of anilines is 2. The number of rotatable bonds is 2. The Balaban J connectivity index is 0.000000705. The summed E-state index contributed by atoms with van der Waals surface area (Å²) in [6.07, 6.45) is 0. The van der Waals surface area contributed by atoms with Crippen LogP contribution in [0.5, 0.6) is 5.75 Å². The predicted octanol–water partition coefficient (Wildman–Crippen LogP) is 4.67. The van der Waals surface area contributed by atoms with Gasteiger partial charge in [-0.1, -0.05) is 52.5 Å². The molecule has 0 saturated carbocycles. The van der Waals surface area contributed by atoms with Crippen LogP contribution in [-0.2, 0) is 0 Å². The number of nitrogens with one attached hydrogen (secondary N) is 2. The molecule has 4 amide bonds. The molecule has 0 aliphatic heterocycles. The van der Waals surface area contributed by atoms with E-state index in [1.807, 2.05) is 0 Å². The first kappa shape index (κ1) is 21.0. The van der Waals surface area contributed by atoms with Crippen molar-refractivity contribution in [2.24, 2.45) is 11.5 Å². The number of aromatic hydroxyl groups is 1. The summed E-state index contributed by atoms with van der Waals surface area (Å²) in [5.41, 5.74) is 8.95. The summed E-state index contributed by atoms with van der Waals surface area (Å²) >= 11 is 23.3. The molecular weight excluding hydrogens is 414 g/mol. The number of urea groups is 2. The zero-order valence-electron chi connectivity index (χ0n) is 12.3. The number of primary amides is 2. The third-order valence-corrected chi connectivity index (χ3v) is 4.13. The van der Waals surface area contributed by atoms with Crippen molar-refractivity contribution in [2.75, 3.05) is 10.6 Å². The maximum Gasteiger partial charge on any atom is 0.323 e. The Hall–Kier alpha value is -2.06. The summed E-state index contributed by atoms with van der Waals surface area (Å²) in [7, 11) is 0. The highest BCUT2D eigenvalue weighted by molar-refractivity contribution is 6.44. The highest BCUT2D eigenvalue weighted by Gasteiger charge is 2.13. The lowest BCUT2D eigenvalue weighted by Crippen LogP contribution is -2.19. The second-order valence-electron chi connectivity index (χ2n) is 4.34. The lowest BCUT2D eigenvalue weighted by atomic mass is 10.3. The van der Waals surface area contributed by atoms with Gasteiger partial charge in [0.05, 0.1) is 26.4 Å². The van der Waals surface area contributed by atoms with E-state index in [1.54, 1.807) is 18.2 Å². The van der Waals surface area contributed by atoms with Crippen LogP contribution >= 0.6 is 46.4 Å². The number of phenolic OH excluding ortho intramolecular Hbond substituents is 1. The van der Waals surface area contributed by atoms with Gasteiger partial charge in [-0.3, -0.25) is 0 Å². The number of hydrogen-bond acceptors (Lipinski definition) is 3. The molecule has 0 radical (unpaired) electrons. The molecule has 2 aromatic rings. The molecule has 0 fully saturated rings. The molecule has 0 atom stereocenters. The molecule has 0 bridgehead atoms. The summed E-state index contributed by atoms with van der Waals surface area (Å²) in [5, 5.41) is 15.4. The van der Waals surface area contributed by atoms with Crippen molar-refractivity contribution < 1.29 is 14.7 Å². The first-order valence-electron chi connectivity index (χ1n) is 6.37. The molecule has 2 aromatic carbocycles. The number of hydrogen-bond donors (Lipinski definition) is 5. The van der Waals surface area contributed by atoms with Crippen LogP contribution < -0.4 is 22.1 Å². The van der Waals surface area contributed by atoms with Crippen LogP contribution in [0.25, 0.3) is 0 Å². The van der Waals surface area contributed by atoms with Gasteiger partial charge in [0.1, 0.15) is 5.02 Å². The topological polar surface area (TPSA) is 130 Å². The maximum absolute atomic E-state index is 11.9. The summed E-state index contributed by atoms with van der Waals surface area (Å²) in [4.78, 5) is 20.9. The number of halogens is 4. The Morgan fingerprint density at radius 1 is 0.840 bits per heavy atom. The van der Waals surface area contributed by atoms with Crippen LogP contribution in [0, 0.1) is 0 Å². The summed E-state index contributed by atoms with van der Waals surface area (Å²) in [6, 6.07) is 6.24. The molecule has 25 heavy (non-hydrogen) atoms.